The lowest BCUT2D eigenvalue weighted by atomic mass is 9.78. The van der Waals surface area contributed by atoms with Crippen LogP contribution in [-0.4, -0.2) is 13.1 Å². The molecule has 1 aliphatic rings. The fourth-order valence-corrected chi connectivity index (χ4v) is 2.68. The van der Waals surface area contributed by atoms with Crippen LogP contribution >= 0.6 is 0 Å². The lowest BCUT2D eigenvalue weighted by molar-refractivity contribution is 0.456. The summed E-state index contributed by atoms with van der Waals surface area (Å²) >= 11 is 0. The van der Waals surface area contributed by atoms with Gasteiger partial charge in [0.25, 0.3) is 0 Å². The molecule has 0 bridgehead atoms. The summed E-state index contributed by atoms with van der Waals surface area (Å²) in [7, 11) is 2.07. The van der Waals surface area contributed by atoms with Gasteiger partial charge in [0.2, 0.25) is 0 Å². The monoisotopic (exact) mass is 215 g/mol. The van der Waals surface area contributed by atoms with Crippen molar-refractivity contribution in [3.05, 3.63) is 47.0 Å². The molecule has 0 fully saturated rings. The van der Waals surface area contributed by atoms with E-state index in [1.807, 2.05) is 0 Å². The minimum absolute atomic E-state index is 0.542. The molecule has 86 valence electrons. The molecule has 1 aromatic rings. The number of hydrogen-bond acceptors (Lipinski definition) is 1. The maximum Gasteiger partial charge on any atom is 0.0177 e. The second-order valence-corrected chi connectivity index (χ2v) is 4.90. The summed E-state index contributed by atoms with van der Waals surface area (Å²) in [6.07, 6.45) is 4.84. The van der Waals surface area contributed by atoms with Gasteiger partial charge >= 0.3 is 0 Å². The van der Waals surface area contributed by atoms with E-state index in [1.54, 1.807) is 0 Å². The summed E-state index contributed by atoms with van der Waals surface area (Å²) in [5, 5.41) is 3.46. The lowest BCUT2D eigenvalue weighted by Crippen LogP contribution is -2.35. The number of benzene rings is 1. The number of allylic oxidation sites excluding steroid dienone is 1. The van der Waals surface area contributed by atoms with Gasteiger partial charge in [-0.3, -0.25) is 0 Å². The molecule has 1 aliphatic carbocycles. The second-order valence-electron chi connectivity index (χ2n) is 4.90. The summed E-state index contributed by atoms with van der Waals surface area (Å²) in [4.78, 5) is 0. The van der Waals surface area contributed by atoms with Crippen molar-refractivity contribution in [2.45, 2.75) is 38.6 Å². The van der Waals surface area contributed by atoms with Crippen molar-refractivity contribution in [2.24, 2.45) is 0 Å². The molecule has 0 amide bonds. The third-order valence-electron chi connectivity index (χ3n) is 3.46. The van der Waals surface area contributed by atoms with E-state index >= 15 is 0 Å². The summed E-state index contributed by atoms with van der Waals surface area (Å²) in [6.45, 7) is 4.37. The lowest BCUT2D eigenvalue weighted by Gasteiger charge is -2.32. The minimum atomic E-state index is 0.542. The second kappa shape index (κ2) is 4.84. The average Bonchev–Trinajstić information content (AvgIpc) is 2.29. The molecule has 0 saturated heterocycles. The Morgan fingerprint density at radius 1 is 1.31 bits per heavy atom. The van der Waals surface area contributed by atoms with E-state index in [0.29, 0.717) is 12.0 Å². The van der Waals surface area contributed by atoms with Gasteiger partial charge in [0.05, 0.1) is 0 Å². The molecule has 0 unspecified atom stereocenters. The molecule has 1 aromatic carbocycles. The van der Waals surface area contributed by atoms with Gasteiger partial charge in [0.15, 0.2) is 0 Å². The highest BCUT2D eigenvalue weighted by molar-refractivity contribution is 5.37. The first-order chi connectivity index (χ1) is 7.72. The maximum absolute atomic E-state index is 3.46. The van der Waals surface area contributed by atoms with E-state index in [4.69, 9.17) is 0 Å². The molecule has 2 atom stereocenters. The van der Waals surface area contributed by atoms with Crippen LogP contribution in [0.4, 0.5) is 0 Å². The summed E-state index contributed by atoms with van der Waals surface area (Å²) in [5.74, 6) is 0.542. The first-order valence-corrected chi connectivity index (χ1v) is 6.12. The summed E-state index contributed by atoms with van der Waals surface area (Å²) in [5.41, 5.74) is 4.44. The molecule has 1 nitrogen and oxygen atoms in total. The molecular formula is C15H21N. The van der Waals surface area contributed by atoms with Crippen molar-refractivity contribution in [3.63, 3.8) is 0 Å². The number of fused-ring (bicyclic) bond motifs is 1. The Morgan fingerprint density at radius 2 is 2.06 bits per heavy atom. The van der Waals surface area contributed by atoms with Crippen LogP contribution in [0.2, 0.25) is 0 Å². The predicted octanol–water partition coefficient (Wildman–Crippen LogP) is 3.27. The van der Waals surface area contributed by atoms with Crippen LogP contribution in [0.3, 0.4) is 0 Å². The Hall–Kier alpha value is -1.08. The van der Waals surface area contributed by atoms with Crippen LogP contribution < -0.4 is 5.32 Å². The van der Waals surface area contributed by atoms with Crippen LogP contribution in [0.1, 0.15) is 37.3 Å². The molecule has 1 heteroatoms. The zero-order chi connectivity index (χ0) is 11.5. The van der Waals surface area contributed by atoms with Crippen molar-refractivity contribution in [1.82, 2.24) is 5.32 Å². The maximum atomic E-state index is 3.46. The highest BCUT2D eigenvalue weighted by Gasteiger charge is 2.26. The van der Waals surface area contributed by atoms with Gasteiger partial charge in [-0.1, -0.05) is 35.9 Å². The fraction of sp³-hybridized carbons (Fsp3) is 0.467. The van der Waals surface area contributed by atoms with Gasteiger partial charge < -0.3 is 5.32 Å². The largest absolute Gasteiger partial charge is 0.316 e. The first-order valence-electron chi connectivity index (χ1n) is 6.12. The zero-order valence-corrected chi connectivity index (χ0v) is 10.5. The number of nitrogens with one attached hydrogen (secondary N) is 1. The summed E-state index contributed by atoms with van der Waals surface area (Å²) in [6, 6.07) is 9.45. The first kappa shape index (κ1) is 11.4. The minimum Gasteiger partial charge on any atom is -0.316 e. The molecule has 1 N–H and O–H groups in total. The van der Waals surface area contributed by atoms with E-state index in [2.05, 4.69) is 56.6 Å². The molecule has 0 aliphatic heterocycles. The smallest absolute Gasteiger partial charge is 0.0177 e. The molecule has 16 heavy (non-hydrogen) atoms. The molecule has 0 heterocycles. The number of hydrogen-bond donors (Lipinski definition) is 1. The van der Waals surface area contributed by atoms with Crippen LogP contribution in [0, 0.1) is 0 Å². The van der Waals surface area contributed by atoms with E-state index in [1.165, 1.54) is 29.5 Å². The summed E-state index contributed by atoms with van der Waals surface area (Å²) < 4.78 is 0. The highest BCUT2D eigenvalue weighted by Crippen LogP contribution is 2.33. The van der Waals surface area contributed by atoms with E-state index in [9.17, 15) is 0 Å². The topological polar surface area (TPSA) is 12.0 Å². The van der Waals surface area contributed by atoms with Crippen molar-refractivity contribution < 1.29 is 0 Å². The number of aryl methyl sites for hydroxylation is 1. The quantitative estimate of drug-likeness (QED) is 0.747. The van der Waals surface area contributed by atoms with Crippen LogP contribution in [-0.2, 0) is 6.42 Å². The zero-order valence-electron chi connectivity index (χ0n) is 10.5. The normalized spacial score (nSPS) is 23.7. The Kier molecular flexibility index (Phi) is 3.45. The highest BCUT2D eigenvalue weighted by atomic mass is 14.9. The van der Waals surface area contributed by atoms with Crippen molar-refractivity contribution in [1.29, 1.82) is 0 Å². The molecule has 0 aromatic heterocycles. The van der Waals surface area contributed by atoms with Crippen LogP contribution in [0.25, 0.3) is 0 Å². The van der Waals surface area contributed by atoms with Gasteiger partial charge in [-0.15, -0.1) is 0 Å². The Bertz CT molecular complexity index is 388. The standard InChI is InChI=1S/C15H21N/c1-11(2)10-14-13-7-5-4-6-12(13)8-9-15(14)16-3/h4-7,10,14-16H,8-9H2,1-3H3/t14-,15-/m1/s1. The number of rotatable bonds is 2. The van der Waals surface area contributed by atoms with Gasteiger partial charge in [-0.25, -0.2) is 0 Å². The van der Waals surface area contributed by atoms with Gasteiger partial charge in [0, 0.05) is 12.0 Å². The van der Waals surface area contributed by atoms with E-state index < -0.39 is 0 Å². The van der Waals surface area contributed by atoms with Crippen molar-refractivity contribution in [3.8, 4) is 0 Å². The third kappa shape index (κ3) is 2.19. The van der Waals surface area contributed by atoms with Crippen LogP contribution in [0.15, 0.2) is 35.9 Å². The Balaban J connectivity index is 2.40. The van der Waals surface area contributed by atoms with Gasteiger partial charge in [0.1, 0.15) is 0 Å². The van der Waals surface area contributed by atoms with Crippen molar-refractivity contribution >= 4 is 0 Å². The molecule has 0 spiro atoms. The average molecular weight is 215 g/mol. The van der Waals surface area contributed by atoms with Crippen molar-refractivity contribution in [2.75, 3.05) is 7.05 Å². The molecular weight excluding hydrogens is 194 g/mol. The van der Waals surface area contributed by atoms with Crippen LogP contribution in [0.5, 0.6) is 0 Å². The van der Waals surface area contributed by atoms with E-state index in [-0.39, 0.29) is 0 Å². The third-order valence-corrected chi connectivity index (χ3v) is 3.46. The molecule has 0 radical (unpaired) electrons. The molecule has 2 rings (SSSR count). The Morgan fingerprint density at radius 3 is 2.75 bits per heavy atom. The fourth-order valence-electron chi connectivity index (χ4n) is 2.68. The Labute approximate surface area is 98.6 Å². The predicted molar refractivity (Wildman–Crippen MR) is 69.8 cm³/mol. The van der Waals surface area contributed by atoms with Gasteiger partial charge in [-0.05, 0) is 44.9 Å². The number of likely N-dealkylation sites (N-methyl/N-ethyl adjacent to an activating group) is 1. The SMILES string of the molecule is CN[C@@H]1CCc2ccccc2[C@H]1C=C(C)C. The molecule has 0 saturated carbocycles. The van der Waals surface area contributed by atoms with Gasteiger partial charge in [-0.2, -0.15) is 0 Å². The van der Waals surface area contributed by atoms with E-state index in [0.717, 1.165) is 0 Å².